The Hall–Kier alpha value is -3.41. The van der Waals surface area contributed by atoms with Gasteiger partial charge in [0.1, 0.15) is 5.82 Å². The van der Waals surface area contributed by atoms with E-state index in [4.69, 9.17) is 0 Å². The van der Waals surface area contributed by atoms with E-state index in [9.17, 15) is 8.78 Å². The predicted octanol–water partition coefficient (Wildman–Crippen LogP) is 5.24. The molecule has 4 aromatic rings. The van der Waals surface area contributed by atoms with Crippen molar-refractivity contribution in [2.45, 2.75) is 13.0 Å². The third-order valence-corrected chi connectivity index (χ3v) is 4.22. The first-order chi connectivity index (χ1) is 13.2. The van der Waals surface area contributed by atoms with E-state index in [0.717, 1.165) is 16.7 Å². The molecule has 0 bridgehead atoms. The van der Waals surface area contributed by atoms with Gasteiger partial charge in [-0.1, -0.05) is 42.5 Å². The molecule has 0 atom stereocenters. The van der Waals surface area contributed by atoms with Gasteiger partial charge in [0.15, 0.2) is 5.82 Å². The molecule has 0 unspecified atom stereocenters. The molecule has 2 aromatic heterocycles. The van der Waals surface area contributed by atoms with Crippen molar-refractivity contribution in [1.82, 2.24) is 15.0 Å². The van der Waals surface area contributed by atoms with Gasteiger partial charge in [0.05, 0.1) is 5.52 Å². The number of hydrogen-bond donors (Lipinski definition) is 1. The van der Waals surface area contributed by atoms with E-state index < -0.39 is 12.2 Å². The van der Waals surface area contributed by atoms with Crippen molar-refractivity contribution in [3.63, 3.8) is 0 Å². The van der Waals surface area contributed by atoms with E-state index >= 15 is 0 Å². The minimum atomic E-state index is -2.71. The molecule has 0 fully saturated rings. The van der Waals surface area contributed by atoms with E-state index in [1.165, 1.54) is 0 Å². The maximum absolute atomic E-state index is 13.1. The standard InChI is InChI=1S/C21H16F2N4/c22-19(23)21-26-18-6-2-1-5-17(18)20(27-21)25-12-14-7-9-15(10-8-14)16-4-3-11-24-13-16/h1-11,13,19H,12H2,(H,25,26,27). The lowest BCUT2D eigenvalue weighted by Gasteiger charge is -2.11. The number of nitrogens with zero attached hydrogens (tertiary/aromatic N) is 3. The lowest BCUT2D eigenvalue weighted by molar-refractivity contribution is 0.141. The predicted molar refractivity (Wildman–Crippen MR) is 101 cm³/mol. The number of rotatable bonds is 5. The topological polar surface area (TPSA) is 50.7 Å². The maximum atomic E-state index is 13.1. The largest absolute Gasteiger partial charge is 0.365 e. The molecule has 0 aliphatic rings. The van der Waals surface area contributed by atoms with Crippen molar-refractivity contribution < 1.29 is 8.78 Å². The normalized spacial score (nSPS) is 11.1. The van der Waals surface area contributed by atoms with E-state index in [1.807, 2.05) is 54.7 Å². The first-order valence-corrected chi connectivity index (χ1v) is 8.49. The van der Waals surface area contributed by atoms with Crippen molar-refractivity contribution in [2.75, 3.05) is 5.32 Å². The maximum Gasteiger partial charge on any atom is 0.297 e. The molecule has 2 heterocycles. The zero-order valence-electron chi connectivity index (χ0n) is 14.3. The average Bonchev–Trinajstić information content (AvgIpc) is 2.73. The number of para-hydroxylation sites is 1. The quantitative estimate of drug-likeness (QED) is 0.527. The number of anilines is 1. The van der Waals surface area contributed by atoms with Crippen LogP contribution >= 0.6 is 0 Å². The molecule has 0 saturated carbocycles. The number of benzene rings is 2. The lowest BCUT2D eigenvalue weighted by Crippen LogP contribution is -2.06. The Bertz CT molecular complexity index is 1050. The van der Waals surface area contributed by atoms with Crippen molar-refractivity contribution in [1.29, 1.82) is 0 Å². The number of hydrogen-bond acceptors (Lipinski definition) is 4. The number of aromatic nitrogens is 3. The Balaban J connectivity index is 1.56. The van der Waals surface area contributed by atoms with Crippen LogP contribution in [0.3, 0.4) is 0 Å². The SMILES string of the molecule is FC(F)c1nc(NCc2ccc(-c3cccnc3)cc2)c2ccccc2n1. The molecule has 0 spiro atoms. The first-order valence-electron chi connectivity index (χ1n) is 8.49. The van der Waals surface area contributed by atoms with Gasteiger partial charge in [-0.25, -0.2) is 18.7 Å². The molecular weight excluding hydrogens is 346 g/mol. The molecule has 1 N–H and O–H groups in total. The fourth-order valence-electron chi connectivity index (χ4n) is 2.86. The second-order valence-electron chi connectivity index (χ2n) is 6.04. The van der Waals surface area contributed by atoms with Crippen LogP contribution in [0.4, 0.5) is 14.6 Å². The molecular formula is C21H16F2N4. The summed E-state index contributed by atoms with van der Waals surface area (Å²) in [6.07, 6.45) is 0.835. The van der Waals surface area contributed by atoms with Gasteiger partial charge in [-0.15, -0.1) is 0 Å². The number of alkyl halides is 2. The summed E-state index contributed by atoms with van der Waals surface area (Å²) in [6.45, 7) is 0.469. The van der Waals surface area contributed by atoms with Crippen molar-refractivity contribution in [3.8, 4) is 11.1 Å². The average molecular weight is 362 g/mol. The van der Waals surface area contributed by atoms with Gasteiger partial charge in [0.25, 0.3) is 6.43 Å². The zero-order chi connectivity index (χ0) is 18.6. The van der Waals surface area contributed by atoms with Gasteiger partial charge in [-0.2, -0.15) is 0 Å². The summed E-state index contributed by atoms with van der Waals surface area (Å²) in [5.74, 6) is -0.0599. The lowest BCUT2D eigenvalue weighted by atomic mass is 10.1. The van der Waals surface area contributed by atoms with E-state index in [0.29, 0.717) is 23.3 Å². The number of pyridine rings is 1. The van der Waals surface area contributed by atoms with Gasteiger partial charge >= 0.3 is 0 Å². The smallest absolute Gasteiger partial charge is 0.297 e. The second-order valence-corrected chi connectivity index (χ2v) is 6.04. The molecule has 0 radical (unpaired) electrons. The summed E-state index contributed by atoms with van der Waals surface area (Å²) in [4.78, 5) is 12.1. The number of halogens is 2. The van der Waals surface area contributed by atoms with Crippen molar-refractivity contribution in [2.24, 2.45) is 0 Å². The minimum absolute atomic E-state index is 0.409. The van der Waals surface area contributed by atoms with Crippen LogP contribution in [0, 0.1) is 0 Å². The first kappa shape index (κ1) is 17.0. The summed E-state index contributed by atoms with van der Waals surface area (Å²) >= 11 is 0. The second kappa shape index (κ2) is 7.45. The van der Waals surface area contributed by atoms with E-state index in [1.54, 1.807) is 18.3 Å². The molecule has 0 amide bonds. The van der Waals surface area contributed by atoms with Crippen LogP contribution < -0.4 is 5.32 Å². The van der Waals surface area contributed by atoms with Crippen molar-refractivity contribution in [3.05, 3.63) is 84.4 Å². The van der Waals surface area contributed by atoms with Gasteiger partial charge < -0.3 is 5.32 Å². The monoisotopic (exact) mass is 362 g/mol. The van der Waals surface area contributed by atoms with Crippen LogP contribution in [0.5, 0.6) is 0 Å². The Kier molecular flexibility index (Phi) is 4.70. The molecule has 4 nitrogen and oxygen atoms in total. The zero-order valence-corrected chi connectivity index (χ0v) is 14.3. The van der Waals surface area contributed by atoms with Crippen LogP contribution in [0.25, 0.3) is 22.0 Å². The minimum Gasteiger partial charge on any atom is -0.365 e. The fraction of sp³-hybridized carbons (Fsp3) is 0.0952. The third-order valence-electron chi connectivity index (χ3n) is 4.22. The highest BCUT2D eigenvalue weighted by Crippen LogP contribution is 2.25. The van der Waals surface area contributed by atoms with Crippen LogP contribution in [0.1, 0.15) is 17.8 Å². The Morgan fingerprint density at radius 1 is 0.852 bits per heavy atom. The summed E-state index contributed by atoms with van der Waals surface area (Å²) in [5.41, 5.74) is 3.63. The Morgan fingerprint density at radius 2 is 1.67 bits per heavy atom. The Labute approximate surface area is 154 Å². The number of nitrogens with one attached hydrogen (secondary N) is 1. The molecule has 134 valence electrons. The highest BCUT2D eigenvalue weighted by Gasteiger charge is 2.14. The molecule has 27 heavy (non-hydrogen) atoms. The van der Waals surface area contributed by atoms with Gasteiger partial charge in [-0.05, 0) is 34.9 Å². The van der Waals surface area contributed by atoms with Gasteiger partial charge in [0, 0.05) is 24.3 Å². The summed E-state index contributed by atoms with van der Waals surface area (Å²) in [5, 5.41) is 3.88. The highest BCUT2D eigenvalue weighted by atomic mass is 19.3. The van der Waals surface area contributed by atoms with Crippen molar-refractivity contribution >= 4 is 16.7 Å². The molecule has 0 aliphatic heterocycles. The van der Waals surface area contributed by atoms with E-state index in [-0.39, 0.29) is 0 Å². The molecule has 6 heteroatoms. The molecule has 0 aliphatic carbocycles. The van der Waals surface area contributed by atoms with Crippen LogP contribution in [-0.2, 0) is 6.54 Å². The van der Waals surface area contributed by atoms with Crippen LogP contribution in [0.2, 0.25) is 0 Å². The van der Waals surface area contributed by atoms with Gasteiger partial charge in [-0.3, -0.25) is 4.98 Å². The van der Waals surface area contributed by atoms with E-state index in [2.05, 4.69) is 20.3 Å². The summed E-state index contributed by atoms with van der Waals surface area (Å²) in [7, 11) is 0. The third kappa shape index (κ3) is 3.74. The fourth-order valence-corrected chi connectivity index (χ4v) is 2.86. The Morgan fingerprint density at radius 3 is 2.41 bits per heavy atom. The van der Waals surface area contributed by atoms with Crippen LogP contribution in [0.15, 0.2) is 73.1 Å². The number of fused-ring (bicyclic) bond motifs is 1. The summed E-state index contributed by atoms with van der Waals surface area (Å²) in [6, 6.07) is 19.0. The molecule has 2 aromatic carbocycles. The van der Waals surface area contributed by atoms with Crippen LogP contribution in [-0.4, -0.2) is 15.0 Å². The molecule has 4 rings (SSSR count). The highest BCUT2D eigenvalue weighted by molar-refractivity contribution is 5.89. The summed E-state index contributed by atoms with van der Waals surface area (Å²) < 4.78 is 26.2. The molecule has 0 saturated heterocycles. The van der Waals surface area contributed by atoms with Gasteiger partial charge in [0.2, 0.25) is 0 Å².